The highest BCUT2D eigenvalue weighted by Crippen LogP contribution is 1.90. The van der Waals surface area contributed by atoms with Gasteiger partial charge in [0.15, 0.2) is 0 Å². The quantitative estimate of drug-likeness (QED) is 0.590. The van der Waals surface area contributed by atoms with Gasteiger partial charge in [-0.05, 0) is 0 Å². The number of carbonyl (C=O) groups is 2. The molecule has 1 rings (SSSR count). The predicted octanol–water partition coefficient (Wildman–Crippen LogP) is -1.90. The first kappa shape index (κ1) is 12.9. The second-order valence-electron chi connectivity index (χ2n) is 4.09. The van der Waals surface area contributed by atoms with E-state index in [-0.39, 0.29) is 18.4 Å². The first-order chi connectivity index (χ1) is 7.59. The van der Waals surface area contributed by atoms with Gasteiger partial charge in [-0.25, -0.2) is 0 Å². The van der Waals surface area contributed by atoms with Gasteiger partial charge in [0.05, 0.1) is 13.1 Å². The summed E-state index contributed by atoms with van der Waals surface area (Å²) in [5.74, 6) is -0.175. The van der Waals surface area contributed by atoms with Crippen molar-refractivity contribution in [1.29, 1.82) is 0 Å². The fourth-order valence-corrected chi connectivity index (χ4v) is 1.46. The van der Waals surface area contributed by atoms with Crippen LogP contribution < -0.4 is 10.6 Å². The molecule has 0 saturated carbocycles. The van der Waals surface area contributed by atoms with Crippen molar-refractivity contribution in [2.24, 2.45) is 0 Å². The van der Waals surface area contributed by atoms with Gasteiger partial charge >= 0.3 is 0 Å². The number of carbonyl (C=O) groups excluding carboxylic acids is 2. The van der Waals surface area contributed by atoms with E-state index in [1.54, 1.807) is 14.1 Å². The van der Waals surface area contributed by atoms with Crippen LogP contribution in [-0.4, -0.2) is 75.0 Å². The summed E-state index contributed by atoms with van der Waals surface area (Å²) in [4.78, 5) is 26.3. The number of likely N-dealkylation sites (N-methyl/N-ethyl adjacent to an activating group) is 1. The van der Waals surface area contributed by atoms with E-state index in [4.69, 9.17) is 0 Å². The summed E-state index contributed by atoms with van der Waals surface area (Å²) in [6.45, 7) is 4.07. The summed E-state index contributed by atoms with van der Waals surface area (Å²) in [6.07, 6.45) is 0. The molecule has 1 saturated heterocycles. The van der Waals surface area contributed by atoms with Crippen LogP contribution in [0.25, 0.3) is 0 Å². The van der Waals surface area contributed by atoms with Crippen LogP contribution in [0.3, 0.4) is 0 Å². The van der Waals surface area contributed by atoms with Gasteiger partial charge < -0.3 is 15.5 Å². The molecule has 1 aliphatic rings. The van der Waals surface area contributed by atoms with E-state index >= 15 is 0 Å². The lowest BCUT2D eigenvalue weighted by Crippen LogP contribution is -2.48. The van der Waals surface area contributed by atoms with E-state index in [1.807, 2.05) is 0 Å². The average molecular weight is 228 g/mol. The number of nitrogens with one attached hydrogen (secondary N) is 2. The summed E-state index contributed by atoms with van der Waals surface area (Å²) in [7, 11) is 3.34. The molecule has 0 aliphatic carbocycles. The van der Waals surface area contributed by atoms with Crippen molar-refractivity contribution >= 4 is 11.8 Å². The van der Waals surface area contributed by atoms with Gasteiger partial charge in [0.2, 0.25) is 11.8 Å². The number of piperazine rings is 1. The van der Waals surface area contributed by atoms with Crippen molar-refractivity contribution < 1.29 is 9.59 Å². The topological polar surface area (TPSA) is 64.7 Å². The van der Waals surface area contributed by atoms with Crippen LogP contribution in [-0.2, 0) is 9.59 Å². The SMILES string of the molecule is CN(C)C(=O)CNC(=O)CN1CCNCC1. The lowest BCUT2D eigenvalue weighted by Gasteiger charge is -2.26. The molecule has 0 bridgehead atoms. The van der Waals surface area contributed by atoms with Gasteiger partial charge in [-0.1, -0.05) is 0 Å². The van der Waals surface area contributed by atoms with E-state index in [1.165, 1.54) is 4.90 Å². The molecule has 0 spiro atoms. The van der Waals surface area contributed by atoms with Crippen LogP contribution in [0.5, 0.6) is 0 Å². The van der Waals surface area contributed by atoms with Crippen LogP contribution in [0, 0.1) is 0 Å². The number of hydrogen-bond donors (Lipinski definition) is 2. The first-order valence-electron chi connectivity index (χ1n) is 5.49. The zero-order valence-electron chi connectivity index (χ0n) is 9.95. The Balaban J connectivity index is 2.17. The molecule has 2 amide bonds. The lowest BCUT2D eigenvalue weighted by molar-refractivity contribution is -0.131. The Bertz CT molecular complexity index is 249. The van der Waals surface area contributed by atoms with Gasteiger partial charge in [-0.15, -0.1) is 0 Å². The van der Waals surface area contributed by atoms with Crippen LogP contribution >= 0.6 is 0 Å². The molecular weight excluding hydrogens is 208 g/mol. The maximum Gasteiger partial charge on any atom is 0.241 e. The van der Waals surface area contributed by atoms with E-state index < -0.39 is 0 Å². The maximum atomic E-state index is 11.5. The molecule has 0 aromatic carbocycles. The smallest absolute Gasteiger partial charge is 0.241 e. The van der Waals surface area contributed by atoms with Crippen molar-refractivity contribution in [1.82, 2.24) is 20.4 Å². The van der Waals surface area contributed by atoms with Crippen molar-refractivity contribution in [2.45, 2.75) is 0 Å². The normalized spacial score (nSPS) is 16.9. The Kier molecular flexibility index (Phi) is 5.21. The highest BCUT2D eigenvalue weighted by atomic mass is 16.2. The number of nitrogens with zero attached hydrogens (tertiary/aromatic N) is 2. The molecule has 0 radical (unpaired) electrons. The minimum atomic E-state index is -0.0892. The Morgan fingerprint density at radius 2 is 1.94 bits per heavy atom. The Labute approximate surface area is 96.0 Å². The third-order valence-electron chi connectivity index (χ3n) is 2.51. The molecule has 1 aliphatic heterocycles. The van der Waals surface area contributed by atoms with Gasteiger partial charge in [-0.2, -0.15) is 0 Å². The molecule has 1 heterocycles. The minimum Gasteiger partial charge on any atom is -0.347 e. The van der Waals surface area contributed by atoms with Gasteiger partial charge in [-0.3, -0.25) is 14.5 Å². The fourth-order valence-electron chi connectivity index (χ4n) is 1.46. The van der Waals surface area contributed by atoms with Gasteiger partial charge in [0.25, 0.3) is 0 Å². The van der Waals surface area contributed by atoms with Crippen LogP contribution in [0.1, 0.15) is 0 Å². The zero-order valence-corrected chi connectivity index (χ0v) is 9.95. The average Bonchev–Trinajstić information content (AvgIpc) is 2.27. The van der Waals surface area contributed by atoms with Crippen molar-refractivity contribution in [3.8, 4) is 0 Å². The molecule has 1 fully saturated rings. The predicted molar refractivity (Wildman–Crippen MR) is 61.0 cm³/mol. The second-order valence-corrected chi connectivity index (χ2v) is 4.09. The zero-order chi connectivity index (χ0) is 12.0. The molecule has 0 unspecified atom stereocenters. The van der Waals surface area contributed by atoms with Crippen LogP contribution in [0.15, 0.2) is 0 Å². The number of hydrogen-bond acceptors (Lipinski definition) is 4. The van der Waals surface area contributed by atoms with Gasteiger partial charge in [0, 0.05) is 40.3 Å². The highest BCUT2D eigenvalue weighted by molar-refractivity contribution is 5.85. The summed E-state index contributed by atoms with van der Waals surface area (Å²) >= 11 is 0. The summed E-state index contributed by atoms with van der Waals surface area (Å²) in [5, 5.41) is 5.84. The highest BCUT2D eigenvalue weighted by Gasteiger charge is 2.14. The maximum absolute atomic E-state index is 11.5. The van der Waals surface area contributed by atoms with E-state index in [0.717, 1.165) is 26.2 Å². The molecule has 92 valence electrons. The molecular formula is C10H20N4O2. The second kappa shape index (κ2) is 6.44. The fraction of sp³-hybridized carbons (Fsp3) is 0.800. The minimum absolute atomic E-state index is 0.0813. The molecule has 0 aromatic heterocycles. The Morgan fingerprint density at radius 3 is 2.50 bits per heavy atom. The van der Waals surface area contributed by atoms with E-state index in [9.17, 15) is 9.59 Å². The molecule has 0 aromatic rings. The monoisotopic (exact) mass is 228 g/mol. The van der Waals surface area contributed by atoms with Crippen LogP contribution in [0.4, 0.5) is 0 Å². The van der Waals surface area contributed by atoms with Crippen molar-refractivity contribution in [3.63, 3.8) is 0 Å². The Hall–Kier alpha value is -1.14. The number of amides is 2. The third kappa shape index (κ3) is 4.59. The molecule has 16 heavy (non-hydrogen) atoms. The van der Waals surface area contributed by atoms with E-state index in [0.29, 0.717) is 6.54 Å². The summed E-state index contributed by atoms with van der Waals surface area (Å²) < 4.78 is 0. The summed E-state index contributed by atoms with van der Waals surface area (Å²) in [6, 6.07) is 0. The standard InChI is InChI=1S/C10H20N4O2/c1-13(2)10(16)7-12-9(15)8-14-5-3-11-4-6-14/h11H,3-8H2,1-2H3,(H,12,15). The number of rotatable bonds is 4. The molecule has 0 atom stereocenters. The van der Waals surface area contributed by atoms with Crippen molar-refractivity contribution in [2.75, 3.05) is 53.4 Å². The lowest BCUT2D eigenvalue weighted by atomic mass is 10.3. The van der Waals surface area contributed by atoms with Crippen molar-refractivity contribution in [3.05, 3.63) is 0 Å². The summed E-state index contributed by atoms with van der Waals surface area (Å²) in [5.41, 5.74) is 0. The molecule has 6 heteroatoms. The van der Waals surface area contributed by atoms with Crippen LogP contribution in [0.2, 0.25) is 0 Å². The third-order valence-corrected chi connectivity index (χ3v) is 2.51. The molecule has 2 N–H and O–H groups in total. The Morgan fingerprint density at radius 1 is 1.31 bits per heavy atom. The first-order valence-corrected chi connectivity index (χ1v) is 5.49. The van der Waals surface area contributed by atoms with Gasteiger partial charge in [0.1, 0.15) is 0 Å². The molecule has 6 nitrogen and oxygen atoms in total. The largest absolute Gasteiger partial charge is 0.347 e. The van der Waals surface area contributed by atoms with E-state index in [2.05, 4.69) is 15.5 Å².